The predicted octanol–water partition coefficient (Wildman–Crippen LogP) is 3.98. The molecule has 0 bridgehead atoms. The Bertz CT molecular complexity index is 822. The Kier molecular flexibility index (Phi) is 6.32. The highest BCUT2D eigenvalue weighted by Gasteiger charge is 2.27. The van der Waals surface area contributed by atoms with Crippen LogP contribution in [0.25, 0.3) is 10.6 Å². The summed E-state index contributed by atoms with van der Waals surface area (Å²) in [6.07, 6.45) is 0. The summed E-state index contributed by atoms with van der Waals surface area (Å²) >= 11 is 1.66. The molecule has 1 N–H and O–H groups in total. The Hall–Kier alpha value is -1.86. The van der Waals surface area contributed by atoms with E-state index in [4.69, 9.17) is 9.26 Å². The molecule has 1 aliphatic heterocycles. The van der Waals surface area contributed by atoms with Gasteiger partial charge in [0.15, 0.2) is 5.76 Å². The molecule has 26 heavy (non-hydrogen) atoms. The van der Waals surface area contributed by atoms with E-state index in [0.29, 0.717) is 0 Å². The van der Waals surface area contributed by atoms with Crippen LogP contribution in [-0.2, 0) is 6.54 Å². The first-order valence-corrected chi connectivity index (χ1v) is 9.30. The predicted molar refractivity (Wildman–Crippen MR) is 106 cm³/mol. The number of benzene rings is 1. The average Bonchev–Trinajstić information content (AvgIpc) is 3.34. The van der Waals surface area contributed by atoms with Crippen LogP contribution in [0.5, 0.6) is 5.75 Å². The SMILES string of the molecule is COc1ccccc1C1CNCCN1Cc1cc(-c2cccs2)on1.Cl. The first kappa shape index (κ1) is 18.9. The summed E-state index contributed by atoms with van der Waals surface area (Å²) in [6, 6.07) is 14.6. The molecule has 1 aromatic carbocycles. The van der Waals surface area contributed by atoms with Gasteiger partial charge in [-0.3, -0.25) is 4.90 Å². The van der Waals surface area contributed by atoms with Crippen LogP contribution in [0.15, 0.2) is 52.4 Å². The number of nitrogens with one attached hydrogen (secondary N) is 1. The standard InChI is InChI=1S/C19H21N3O2S.ClH/c1-23-17-6-3-2-5-15(17)16-12-20-8-9-22(16)13-14-11-18(24-21-14)19-7-4-10-25-19;/h2-7,10-11,16,20H,8-9,12-13H2,1H3;1H. The van der Waals surface area contributed by atoms with Crippen molar-refractivity contribution < 1.29 is 9.26 Å². The molecule has 0 spiro atoms. The number of halogens is 1. The van der Waals surface area contributed by atoms with Gasteiger partial charge in [-0.1, -0.05) is 29.4 Å². The second-order valence-corrected chi connectivity index (χ2v) is 7.04. The first-order chi connectivity index (χ1) is 12.3. The van der Waals surface area contributed by atoms with Crippen molar-refractivity contribution in [3.05, 3.63) is 59.1 Å². The largest absolute Gasteiger partial charge is 0.496 e. The minimum atomic E-state index is 0. The summed E-state index contributed by atoms with van der Waals surface area (Å²) in [4.78, 5) is 3.55. The van der Waals surface area contributed by atoms with E-state index in [9.17, 15) is 0 Å². The van der Waals surface area contributed by atoms with Crippen molar-refractivity contribution in [3.63, 3.8) is 0 Å². The molecule has 4 rings (SSSR count). The molecule has 1 fully saturated rings. The zero-order valence-corrected chi connectivity index (χ0v) is 16.2. The second kappa shape index (κ2) is 8.68. The van der Waals surface area contributed by atoms with Crippen LogP contribution in [0, 0.1) is 0 Å². The number of ether oxygens (including phenoxy) is 1. The van der Waals surface area contributed by atoms with E-state index in [1.54, 1.807) is 18.4 Å². The number of rotatable bonds is 5. The van der Waals surface area contributed by atoms with Crippen molar-refractivity contribution in [2.24, 2.45) is 0 Å². The molecule has 0 amide bonds. The third-order valence-corrected chi connectivity index (χ3v) is 5.42. The minimum Gasteiger partial charge on any atom is -0.496 e. The molecular formula is C19H22ClN3O2S. The molecule has 0 radical (unpaired) electrons. The number of nitrogens with zero attached hydrogens (tertiary/aromatic N) is 2. The summed E-state index contributed by atoms with van der Waals surface area (Å²) in [5, 5.41) is 9.81. The van der Waals surface area contributed by atoms with Gasteiger partial charge < -0.3 is 14.6 Å². The topological polar surface area (TPSA) is 50.5 Å². The zero-order chi connectivity index (χ0) is 17.1. The van der Waals surface area contributed by atoms with E-state index in [-0.39, 0.29) is 18.4 Å². The van der Waals surface area contributed by atoms with Gasteiger partial charge in [-0.15, -0.1) is 23.7 Å². The third kappa shape index (κ3) is 3.94. The maximum Gasteiger partial charge on any atom is 0.177 e. The minimum absolute atomic E-state index is 0. The van der Waals surface area contributed by atoms with Gasteiger partial charge in [-0.25, -0.2) is 0 Å². The molecule has 7 heteroatoms. The monoisotopic (exact) mass is 391 g/mol. The van der Waals surface area contributed by atoms with E-state index >= 15 is 0 Å². The van der Waals surface area contributed by atoms with Crippen molar-refractivity contribution in [1.29, 1.82) is 0 Å². The van der Waals surface area contributed by atoms with E-state index in [0.717, 1.165) is 48.3 Å². The quantitative estimate of drug-likeness (QED) is 0.712. The Morgan fingerprint density at radius 1 is 1.31 bits per heavy atom. The smallest absolute Gasteiger partial charge is 0.177 e. The number of hydrogen-bond acceptors (Lipinski definition) is 6. The van der Waals surface area contributed by atoms with Crippen LogP contribution in [-0.4, -0.2) is 36.8 Å². The highest BCUT2D eigenvalue weighted by atomic mass is 35.5. The number of para-hydroxylation sites is 1. The van der Waals surface area contributed by atoms with Gasteiger partial charge in [0.1, 0.15) is 5.75 Å². The summed E-state index contributed by atoms with van der Waals surface area (Å²) in [6.45, 7) is 3.60. The van der Waals surface area contributed by atoms with Crippen molar-refractivity contribution in [1.82, 2.24) is 15.4 Å². The Balaban J connectivity index is 0.00000196. The molecule has 1 aliphatic rings. The van der Waals surface area contributed by atoms with Crippen LogP contribution < -0.4 is 10.1 Å². The van der Waals surface area contributed by atoms with Gasteiger partial charge in [0.25, 0.3) is 0 Å². The summed E-state index contributed by atoms with van der Waals surface area (Å²) < 4.78 is 11.1. The van der Waals surface area contributed by atoms with E-state index in [2.05, 4.69) is 33.6 Å². The number of thiophene rings is 1. The lowest BCUT2D eigenvalue weighted by Crippen LogP contribution is -2.45. The molecule has 1 unspecified atom stereocenters. The molecule has 1 atom stereocenters. The van der Waals surface area contributed by atoms with E-state index in [1.165, 1.54) is 5.56 Å². The Morgan fingerprint density at radius 3 is 3.00 bits per heavy atom. The highest BCUT2D eigenvalue weighted by Crippen LogP contribution is 2.32. The summed E-state index contributed by atoms with van der Waals surface area (Å²) in [7, 11) is 1.73. The molecule has 1 saturated heterocycles. The maximum absolute atomic E-state index is 5.56. The fraction of sp³-hybridized carbons (Fsp3) is 0.316. The van der Waals surface area contributed by atoms with Crippen molar-refractivity contribution in [2.75, 3.05) is 26.7 Å². The zero-order valence-electron chi connectivity index (χ0n) is 14.6. The molecule has 5 nitrogen and oxygen atoms in total. The van der Waals surface area contributed by atoms with E-state index in [1.807, 2.05) is 29.6 Å². The van der Waals surface area contributed by atoms with Gasteiger partial charge in [-0.2, -0.15) is 0 Å². The fourth-order valence-electron chi connectivity index (χ4n) is 3.31. The van der Waals surface area contributed by atoms with Gasteiger partial charge in [0.2, 0.25) is 0 Å². The molecule has 138 valence electrons. The molecule has 3 heterocycles. The lowest BCUT2D eigenvalue weighted by Gasteiger charge is -2.36. The molecule has 0 aliphatic carbocycles. The first-order valence-electron chi connectivity index (χ1n) is 8.42. The van der Waals surface area contributed by atoms with Crippen molar-refractivity contribution in [3.8, 4) is 16.4 Å². The Labute approximate surface area is 163 Å². The van der Waals surface area contributed by atoms with E-state index < -0.39 is 0 Å². The number of aromatic nitrogens is 1. The van der Waals surface area contributed by atoms with Gasteiger partial charge in [-0.05, 0) is 17.5 Å². The van der Waals surface area contributed by atoms with Crippen LogP contribution in [0.3, 0.4) is 0 Å². The van der Waals surface area contributed by atoms with Gasteiger partial charge >= 0.3 is 0 Å². The van der Waals surface area contributed by atoms with Gasteiger partial charge in [0.05, 0.1) is 23.7 Å². The fourth-order valence-corrected chi connectivity index (χ4v) is 3.99. The molecule has 2 aromatic heterocycles. The van der Waals surface area contributed by atoms with Crippen LogP contribution >= 0.6 is 23.7 Å². The normalized spacial score (nSPS) is 17.7. The second-order valence-electron chi connectivity index (χ2n) is 6.09. The average molecular weight is 392 g/mol. The number of methoxy groups -OCH3 is 1. The van der Waals surface area contributed by atoms with Crippen LogP contribution in [0.1, 0.15) is 17.3 Å². The molecule has 3 aromatic rings. The number of hydrogen-bond donors (Lipinski definition) is 1. The maximum atomic E-state index is 5.56. The lowest BCUT2D eigenvalue weighted by atomic mass is 10.0. The molecule has 0 saturated carbocycles. The summed E-state index contributed by atoms with van der Waals surface area (Å²) in [5.74, 6) is 1.77. The van der Waals surface area contributed by atoms with Gasteiger partial charge in [0, 0.05) is 37.8 Å². The Morgan fingerprint density at radius 2 is 2.19 bits per heavy atom. The van der Waals surface area contributed by atoms with Crippen molar-refractivity contribution in [2.45, 2.75) is 12.6 Å². The number of piperazine rings is 1. The van der Waals surface area contributed by atoms with Crippen LogP contribution in [0.4, 0.5) is 0 Å². The third-order valence-electron chi connectivity index (χ3n) is 4.54. The lowest BCUT2D eigenvalue weighted by molar-refractivity contribution is 0.147. The highest BCUT2D eigenvalue weighted by molar-refractivity contribution is 7.13. The molecular weight excluding hydrogens is 370 g/mol. The van der Waals surface area contributed by atoms with Crippen LogP contribution in [0.2, 0.25) is 0 Å². The van der Waals surface area contributed by atoms with Crippen molar-refractivity contribution >= 4 is 23.7 Å². The summed E-state index contributed by atoms with van der Waals surface area (Å²) in [5.41, 5.74) is 2.17.